The SMILES string of the molecule is Cc1nc(CNC(=O)c2oc3c(C)ccc(C)c3c2C)c(C)s1. The second-order valence-electron chi connectivity index (χ2n) is 5.88. The summed E-state index contributed by atoms with van der Waals surface area (Å²) < 4.78 is 5.87. The van der Waals surface area contributed by atoms with Crippen LogP contribution in [0, 0.1) is 34.6 Å². The van der Waals surface area contributed by atoms with Crippen LogP contribution >= 0.6 is 11.3 Å². The second-order valence-corrected chi connectivity index (χ2v) is 7.29. The van der Waals surface area contributed by atoms with Crippen molar-refractivity contribution in [3.63, 3.8) is 0 Å². The van der Waals surface area contributed by atoms with E-state index in [1.807, 2.05) is 40.7 Å². The lowest BCUT2D eigenvalue weighted by Gasteiger charge is -2.02. The Hall–Kier alpha value is -2.14. The average Bonchev–Trinajstić information content (AvgIpc) is 3.01. The number of amides is 1. The largest absolute Gasteiger partial charge is 0.450 e. The van der Waals surface area contributed by atoms with Crippen molar-refractivity contribution in [2.45, 2.75) is 41.2 Å². The molecule has 0 saturated carbocycles. The molecule has 0 spiro atoms. The average molecular weight is 328 g/mol. The first kappa shape index (κ1) is 15.7. The number of aryl methyl sites for hydroxylation is 5. The molecule has 5 heteroatoms. The Kier molecular flexibility index (Phi) is 3.98. The molecular weight excluding hydrogens is 308 g/mol. The van der Waals surface area contributed by atoms with Crippen LogP contribution in [0.2, 0.25) is 0 Å². The molecule has 0 atom stereocenters. The molecule has 0 saturated heterocycles. The molecule has 0 aliphatic carbocycles. The van der Waals surface area contributed by atoms with Crippen LogP contribution in [-0.2, 0) is 6.54 Å². The molecule has 1 N–H and O–H groups in total. The van der Waals surface area contributed by atoms with Gasteiger partial charge in [-0.2, -0.15) is 0 Å². The molecule has 120 valence electrons. The molecule has 0 bridgehead atoms. The van der Waals surface area contributed by atoms with Gasteiger partial charge in [0.25, 0.3) is 5.91 Å². The zero-order chi connectivity index (χ0) is 16.7. The molecule has 3 rings (SSSR count). The summed E-state index contributed by atoms with van der Waals surface area (Å²) >= 11 is 1.64. The van der Waals surface area contributed by atoms with E-state index in [0.29, 0.717) is 12.3 Å². The summed E-state index contributed by atoms with van der Waals surface area (Å²) in [7, 11) is 0. The number of furan rings is 1. The van der Waals surface area contributed by atoms with E-state index in [1.54, 1.807) is 11.3 Å². The van der Waals surface area contributed by atoms with E-state index in [1.165, 1.54) is 0 Å². The zero-order valence-electron chi connectivity index (χ0n) is 14.0. The fourth-order valence-corrected chi connectivity index (χ4v) is 3.71. The van der Waals surface area contributed by atoms with Crippen LogP contribution in [0.5, 0.6) is 0 Å². The van der Waals surface area contributed by atoms with Gasteiger partial charge in [0.15, 0.2) is 5.76 Å². The maximum absolute atomic E-state index is 12.5. The number of carbonyl (C=O) groups excluding carboxylic acids is 1. The molecule has 0 aliphatic heterocycles. The van der Waals surface area contributed by atoms with Crippen molar-refractivity contribution in [2.24, 2.45) is 0 Å². The van der Waals surface area contributed by atoms with E-state index in [-0.39, 0.29) is 5.91 Å². The minimum Gasteiger partial charge on any atom is -0.450 e. The van der Waals surface area contributed by atoms with Crippen LogP contribution < -0.4 is 5.32 Å². The van der Waals surface area contributed by atoms with Gasteiger partial charge < -0.3 is 9.73 Å². The molecule has 1 amide bonds. The van der Waals surface area contributed by atoms with Gasteiger partial charge in [0.1, 0.15) is 5.58 Å². The van der Waals surface area contributed by atoms with Crippen LogP contribution in [-0.4, -0.2) is 10.9 Å². The Morgan fingerprint density at radius 1 is 1.17 bits per heavy atom. The fourth-order valence-electron chi connectivity index (χ4n) is 2.87. The number of aromatic nitrogens is 1. The number of thiazole rings is 1. The Balaban J connectivity index is 1.89. The van der Waals surface area contributed by atoms with Crippen molar-refractivity contribution in [3.05, 3.63) is 50.2 Å². The highest BCUT2D eigenvalue weighted by atomic mass is 32.1. The highest BCUT2D eigenvalue weighted by Crippen LogP contribution is 2.30. The predicted molar refractivity (Wildman–Crippen MR) is 93.2 cm³/mol. The smallest absolute Gasteiger partial charge is 0.287 e. The molecular formula is C18H20N2O2S. The van der Waals surface area contributed by atoms with Crippen LogP contribution in [0.25, 0.3) is 11.0 Å². The fraction of sp³-hybridized carbons (Fsp3) is 0.333. The lowest BCUT2D eigenvalue weighted by Crippen LogP contribution is -2.23. The van der Waals surface area contributed by atoms with Crippen molar-refractivity contribution in [1.82, 2.24) is 10.3 Å². The Bertz CT molecular complexity index is 906. The van der Waals surface area contributed by atoms with Crippen LogP contribution in [0.3, 0.4) is 0 Å². The highest BCUT2D eigenvalue weighted by molar-refractivity contribution is 7.11. The standard InChI is InChI=1S/C18H20N2O2S/c1-9-6-7-10(2)16-15(9)11(3)17(22-16)18(21)19-8-14-12(4)23-13(5)20-14/h6-7H,8H2,1-5H3,(H,19,21). The predicted octanol–water partition coefficient (Wildman–Crippen LogP) is 4.36. The van der Waals surface area contributed by atoms with Crippen LogP contribution in [0.1, 0.15) is 42.8 Å². The summed E-state index contributed by atoms with van der Waals surface area (Å²) in [6.45, 7) is 10.4. The minimum atomic E-state index is -0.192. The number of fused-ring (bicyclic) bond motifs is 1. The minimum absolute atomic E-state index is 0.192. The third kappa shape index (κ3) is 2.77. The lowest BCUT2D eigenvalue weighted by atomic mass is 10.0. The quantitative estimate of drug-likeness (QED) is 0.777. The van der Waals surface area contributed by atoms with Gasteiger partial charge in [-0.25, -0.2) is 4.98 Å². The number of carbonyl (C=O) groups is 1. The normalized spacial score (nSPS) is 11.2. The van der Waals surface area contributed by atoms with Gasteiger partial charge in [-0.05, 0) is 45.7 Å². The summed E-state index contributed by atoms with van der Waals surface area (Å²) in [5, 5.41) is 4.97. The van der Waals surface area contributed by atoms with E-state index < -0.39 is 0 Å². The van der Waals surface area contributed by atoms with E-state index in [4.69, 9.17) is 4.42 Å². The molecule has 0 unspecified atom stereocenters. The van der Waals surface area contributed by atoms with Crippen molar-refractivity contribution < 1.29 is 9.21 Å². The van der Waals surface area contributed by atoms with E-state index in [2.05, 4.69) is 16.4 Å². The Labute approximate surface area is 139 Å². The van der Waals surface area contributed by atoms with Gasteiger partial charge >= 0.3 is 0 Å². The van der Waals surface area contributed by atoms with E-state index >= 15 is 0 Å². The van der Waals surface area contributed by atoms with Gasteiger partial charge in [-0.1, -0.05) is 12.1 Å². The third-order valence-corrected chi connectivity index (χ3v) is 5.03. The number of nitrogens with one attached hydrogen (secondary N) is 1. The highest BCUT2D eigenvalue weighted by Gasteiger charge is 2.20. The maximum atomic E-state index is 12.5. The van der Waals surface area contributed by atoms with Crippen molar-refractivity contribution in [1.29, 1.82) is 0 Å². The summed E-state index contributed by atoms with van der Waals surface area (Å²) in [6, 6.07) is 4.08. The monoisotopic (exact) mass is 328 g/mol. The molecule has 2 aromatic heterocycles. The van der Waals surface area contributed by atoms with Crippen molar-refractivity contribution in [3.8, 4) is 0 Å². The summed E-state index contributed by atoms with van der Waals surface area (Å²) in [5.74, 6) is 0.199. The van der Waals surface area contributed by atoms with Gasteiger partial charge in [0.2, 0.25) is 0 Å². The summed E-state index contributed by atoms with van der Waals surface area (Å²) in [4.78, 5) is 18.1. The Morgan fingerprint density at radius 2 is 1.87 bits per heavy atom. The number of hydrogen-bond acceptors (Lipinski definition) is 4. The van der Waals surface area contributed by atoms with Crippen molar-refractivity contribution >= 4 is 28.2 Å². The first-order valence-corrected chi connectivity index (χ1v) is 8.40. The van der Waals surface area contributed by atoms with Gasteiger partial charge in [0, 0.05) is 15.8 Å². The third-order valence-electron chi connectivity index (χ3n) is 4.10. The second kappa shape index (κ2) is 5.81. The molecule has 23 heavy (non-hydrogen) atoms. The molecule has 3 aromatic rings. The number of nitrogens with zero attached hydrogens (tertiary/aromatic N) is 1. The molecule has 1 aromatic carbocycles. The van der Waals surface area contributed by atoms with E-state index in [9.17, 15) is 4.79 Å². The molecule has 0 aliphatic rings. The zero-order valence-corrected chi connectivity index (χ0v) is 14.9. The number of rotatable bonds is 3. The molecule has 2 heterocycles. The molecule has 0 fully saturated rings. The van der Waals surface area contributed by atoms with Crippen molar-refractivity contribution in [2.75, 3.05) is 0 Å². The van der Waals surface area contributed by atoms with Crippen LogP contribution in [0.4, 0.5) is 0 Å². The molecule has 4 nitrogen and oxygen atoms in total. The number of benzene rings is 1. The van der Waals surface area contributed by atoms with Gasteiger partial charge in [0.05, 0.1) is 17.2 Å². The first-order valence-electron chi connectivity index (χ1n) is 7.59. The lowest BCUT2D eigenvalue weighted by molar-refractivity contribution is 0.0924. The maximum Gasteiger partial charge on any atom is 0.287 e. The Morgan fingerprint density at radius 3 is 2.48 bits per heavy atom. The number of hydrogen-bond donors (Lipinski definition) is 1. The molecule has 0 radical (unpaired) electrons. The van der Waals surface area contributed by atoms with Gasteiger partial charge in [-0.15, -0.1) is 11.3 Å². The first-order chi connectivity index (χ1) is 10.9. The topological polar surface area (TPSA) is 55.1 Å². The van der Waals surface area contributed by atoms with Gasteiger partial charge in [-0.3, -0.25) is 4.79 Å². The van der Waals surface area contributed by atoms with Crippen LogP contribution in [0.15, 0.2) is 16.5 Å². The van der Waals surface area contributed by atoms with E-state index in [0.717, 1.165) is 43.2 Å². The summed E-state index contributed by atoms with van der Waals surface area (Å²) in [5.41, 5.74) is 4.77. The summed E-state index contributed by atoms with van der Waals surface area (Å²) in [6.07, 6.45) is 0.